The summed E-state index contributed by atoms with van der Waals surface area (Å²) in [6.45, 7) is 2.62. The van der Waals surface area contributed by atoms with E-state index in [9.17, 15) is 18.0 Å². The van der Waals surface area contributed by atoms with Gasteiger partial charge in [0, 0.05) is 12.3 Å². The molecule has 20 heavy (non-hydrogen) atoms. The van der Waals surface area contributed by atoms with Crippen molar-refractivity contribution in [3.8, 4) is 0 Å². The van der Waals surface area contributed by atoms with Crippen molar-refractivity contribution >= 4 is 11.7 Å². The van der Waals surface area contributed by atoms with Gasteiger partial charge in [-0.05, 0) is 24.6 Å². The third-order valence-corrected chi connectivity index (χ3v) is 2.41. The number of hydrogen-bond donors (Lipinski definition) is 1. The van der Waals surface area contributed by atoms with Crippen molar-refractivity contribution in [3.63, 3.8) is 0 Å². The first kappa shape index (κ1) is 16.3. The Morgan fingerprint density at radius 2 is 1.95 bits per heavy atom. The number of esters is 1. The van der Waals surface area contributed by atoms with E-state index in [1.165, 1.54) is 0 Å². The molecule has 0 atom stereocenters. The Labute approximate surface area is 114 Å². The molecule has 0 aliphatic carbocycles. The van der Waals surface area contributed by atoms with Gasteiger partial charge in [-0.15, -0.1) is 0 Å². The van der Waals surface area contributed by atoms with Crippen LogP contribution in [0.1, 0.15) is 29.3 Å². The number of nitrogens with two attached hydrogens (primary N) is 1. The summed E-state index contributed by atoms with van der Waals surface area (Å²) in [6.07, 6.45) is -3.71. The van der Waals surface area contributed by atoms with E-state index in [-0.39, 0.29) is 24.5 Å². The monoisotopic (exact) mass is 291 g/mol. The average Bonchev–Trinajstić information content (AvgIpc) is 2.37. The normalized spacial score (nSPS) is 11.4. The molecule has 0 saturated carbocycles. The molecule has 0 aromatic heterocycles. The zero-order valence-electron chi connectivity index (χ0n) is 11.0. The fraction of sp³-hybridized carbons (Fsp3) is 0.462. The first-order chi connectivity index (χ1) is 9.36. The van der Waals surface area contributed by atoms with E-state index in [2.05, 4.69) is 0 Å². The number of carbonyl (C=O) groups excluding carboxylic acids is 1. The highest BCUT2D eigenvalue weighted by Gasteiger charge is 2.31. The van der Waals surface area contributed by atoms with Crippen LogP contribution in [0.2, 0.25) is 0 Å². The largest absolute Gasteiger partial charge is 0.460 e. The molecule has 0 amide bonds. The summed E-state index contributed by atoms with van der Waals surface area (Å²) >= 11 is 0. The molecule has 1 aromatic rings. The summed E-state index contributed by atoms with van der Waals surface area (Å²) in [4.78, 5) is 11.7. The highest BCUT2D eigenvalue weighted by Crippen LogP contribution is 2.31. The molecular weight excluding hydrogens is 275 g/mol. The molecule has 112 valence electrons. The number of nitrogen functional groups attached to an aromatic ring is 1. The lowest BCUT2D eigenvalue weighted by atomic mass is 10.1. The molecule has 0 saturated heterocycles. The van der Waals surface area contributed by atoms with Gasteiger partial charge in [0.1, 0.15) is 6.61 Å². The van der Waals surface area contributed by atoms with Gasteiger partial charge < -0.3 is 15.2 Å². The molecule has 0 spiro atoms. The Morgan fingerprint density at radius 1 is 1.25 bits per heavy atom. The Kier molecular flexibility index (Phi) is 5.82. The van der Waals surface area contributed by atoms with Gasteiger partial charge in [0.15, 0.2) is 0 Å². The van der Waals surface area contributed by atoms with E-state index in [4.69, 9.17) is 15.2 Å². The summed E-state index contributed by atoms with van der Waals surface area (Å²) < 4.78 is 47.5. The van der Waals surface area contributed by atoms with Crippen molar-refractivity contribution in [3.05, 3.63) is 29.3 Å². The Balaban J connectivity index is 2.67. The van der Waals surface area contributed by atoms with Gasteiger partial charge >= 0.3 is 12.1 Å². The van der Waals surface area contributed by atoms with E-state index >= 15 is 0 Å². The molecule has 7 heteroatoms. The van der Waals surface area contributed by atoms with Gasteiger partial charge in [-0.3, -0.25) is 0 Å². The van der Waals surface area contributed by atoms with Gasteiger partial charge in [0.05, 0.1) is 17.7 Å². The van der Waals surface area contributed by atoms with E-state index < -0.39 is 17.7 Å². The molecule has 0 unspecified atom stereocenters. The van der Waals surface area contributed by atoms with E-state index in [0.717, 1.165) is 18.6 Å². The molecule has 0 heterocycles. The summed E-state index contributed by atoms with van der Waals surface area (Å²) in [5.41, 5.74) is 4.19. The van der Waals surface area contributed by atoms with Crippen molar-refractivity contribution < 1.29 is 27.4 Å². The standard InChI is InChI=1S/C13H16F3NO3/c1-2-5-19-6-7-20-12(18)10-8-9(13(14,15)16)3-4-11(10)17/h3-4,8H,2,5-7,17H2,1H3. The molecule has 0 bridgehead atoms. The van der Waals surface area contributed by atoms with Crippen molar-refractivity contribution in [2.75, 3.05) is 25.6 Å². The van der Waals surface area contributed by atoms with Gasteiger partial charge in [-0.1, -0.05) is 6.92 Å². The second-order valence-corrected chi connectivity index (χ2v) is 4.05. The second-order valence-electron chi connectivity index (χ2n) is 4.05. The molecule has 4 nitrogen and oxygen atoms in total. The SMILES string of the molecule is CCCOCCOC(=O)c1cc(C(F)(F)F)ccc1N. The van der Waals surface area contributed by atoms with Gasteiger partial charge in [-0.25, -0.2) is 4.79 Å². The molecule has 1 aromatic carbocycles. The third kappa shape index (κ3) is 4.73. The predicted octanol–water partition coefficient (Wildman–Crippen LogP) is 2.87. The quantitative estimate of drug-likeness (QED) is 0.497. The number of anilines is 1. The van der Waals surface area contributed by atoms with Gasteiger partial charge in [0.25, 0.3) is 0 Å². The molecule has 0 radical (unpaired) electrons. The van der Waals surface area contributed by atoms with Crippen LogP contribution in [0.4, 0.5) is 18.9 Å². The number of halogens is 3. The first-order valence-corrected chi connectivity index (χ1v) is 6.08. The van der Waals surface area contributed by atoms with Crippen LogP contribution in [-0.2, 0) is 15.7 Å². The summed E-state index contributed by atoms with van der Waals surface area (Å²) in [7, 11) is 0. The van der Waals surface area contributed by atoms with Crippen molar-refractivity contribution in [1.29, 1.82) is 0 Å². The van der Waals surface area contributed by atoms with Crippen molar-refractivity contribution in [2.24, 2.45) is 0 Å². The van der Waals surface area contributed by atoms with Gasteiger partial charge in [0.2, 0.25) is 0 Å². The molecule has 0 aliphatic heterocycles. The summed E-state index contributed by atoms with van der Waals surface area (Å²) in [5.74, 6) is -0.895. The van der Waals surface area contributed by atoms with E-state index in [1.807, 2.05) is 6.92 Å². The Morgan fingerprint density at radius 3 is 2.55 bits per heavy atom. The van der Waals surface area contributed by atoms with Crippen LogP contribution >= 0.6 is 0 Å². The van der Waals surface area contributed by atoms with Gasteiger partial charge in [-0.2, -0.15) is 13.2 Å². The maximum absolute atomic E-state index is 12.5. The maximum Gasteiger partial charge on any atom is 0.416 e. The topological polar surface area (TPSA) is 61.5 Å². The number of ether oxygens (including phenoxy) is 2. The van der Waals surface area contributed by atoms with Crippen LogP contribution in [0, 0.1) is 0 Å². The number of benzene rings is 1. The summed E-state index contributed by atoms with van der Waals surface area (Å²) in [5, 5.41) is 0. The smallest absolute Gasteiger partial charge is 0.416 e. The minimum Gasteiger partial charge on any atom is -0.460 e. The lowest BCUT2D eigenvalue weighted by molar-refractivity contribution is -0.137. The van der Waals surface area contributed by atoms with Crippen molar-refractivity contribution in [1.82, 2.24) is 0 Å². The highest BCUT2D eigenvalue weighted by molar-refractivity contribution is 5.95. The molecule has 0 aliphatic rings. The lowest BCUT2D eigenvalue weighted by Crippen LogP contribution is -2.14. The minimum absolute atomic E-state index is 0.0332. The molecular formula is C13H16F3NO3. The number of carbonyl (C=O) groups is 1. The first-order valence-electron chi connectivity index (χ1n) is 6.08. The van der Waals surface area contributed by atoms with Crippen LogP contribution in [-0.4, -0.2) is 25.8 Å². The second kappa shape index (κ2) is 7.14. The average molecular weight is 291 g/mol. The number of alkyl halides is 3. The van der Waals surface area contributed by atoms with Crippen LogP contribution in [0.25, 0.3) is 0 Å². The molecule has 2 N–H and O–H groups in total. The number of rotatable bonds is 6. The van der Waals surface area contributed by atoms with E-state index in [1.54, 1.807) is 0 Å². The molecule has 1 rings (SSSR count). The fourth-order valence-corrected chi connectivity index (χ4v) is 1.43. The number of hydrogen-bond acceptors (Lipinski definition) is 4. The zero-order chi connectivity index (χ0) is 15.2. The van der Waals surface area contributed by atoms with Crippen LogP contribution in [0.5, 0.6) is 0 Å². The zero-order valence-corrected chi connectivity index (χ0v) is 11.0. The Bertz CT molecular complexity index is 461. The van der Waals surface area contributed by atoms with Crippen LogP contribution in [0.3, 0.4) is 0 Å². The van der Waals surface area contributed by atoms with Crippen LogP contribution < -0.4 is 5.73 Å². The van der Waals surface area contributed by atoms with Crippen LogP contribution in [0.15, 0.2) is 18.2 Å². The molecule has 0 fully saturated rings. The van der Waals surface area contributed by atoms with E-state index in [0.29, 0.717) is 12.7 Å². The highest BCUT2D eigenvalue weighted by atomic mass is 19.4. The predicted molar refractivity (Wildman–Crippen MR) is 67.2 cm³/mol. The van der Waals surface area contributed by atoms with Crippen molar-refractivity contribution in [2.45, 2.75) is 19.5 Å². The lowest BCUT2D eigenvalue weighted by Gasteiger charge is -2.11. The summed E-state index contributed by atoms with van der Waals surface area (Å²) in [6, 6.07) is 2.54. The third-order valence-electron chi connectivity index (χ3n) is 2.41. The maximum atomic E-state index is 12.5. The minimum atomic E-state index is -4.53. The Hall–Kier alpha value is -1.76. The fourth-order valence-electron chi connectivity index (χ4n) is 1.43.